The summed E-state index contributed by atoms with van der Waals surface area (Å²) >= 11 is 0. The van der Waals surface area contributed by atoms with Gasteiger partial charge in [-0.3, -0.25) is 4.79 Å². The predicted octanol–water partition coefficient (Wildman–Crippen LogP) is 3.16. The summed E-state index contributed by atoms with van der Waals surface area (Å²) in [5.41, 5.74) is 1.67. The van der Waals surface area contributed by atoms with Crippen molar-refractivity contribution in [2.24, 2.45) is 5.92 Å². The third-order valence-electron chi connectivity index (χ3n) is 4.44. The average Bonchev–Trinajstić information content (AvgIpc) is 2.71. The second-order valence-electron chi connectivity index (χ2n) is 6.56. The maximum Gasteiger partial charge on any atom is 0.317 e. The molecule has 0 saturated carbocycles. The number of methoxy groups -OCH3 is 2. The summed E-state index contributed by atoms with van der Waals surface area (Å²) in [6.45, 7) is 1.66. The van der Waals surface area contributed by atoms with Crippen molar-refractivity contribution in [3.05, 3.63) is 59.7 Å². The fraction of sp³-hybridized carbons (Fsp3) is 0.333. The van der Waals surface area contributed by atoms with Gasteiger partial charge in [0.05, 0.1) is 26.2 Å². The molecule has 28 heavy (non-hydrogen) atoms. The topological polar surface area (TPSA) is 88.1 Å². The summed E-state index contributed by atoms with van der Waals surface area (Å²) in [5.74, 6) is -0.264. The number of urea groups is 1. The van der Waals surface area contributed by atoms with Gasteiger partial charge in [0, 0.05) is 13.6 Å². The highest BCUT2D eigenvalue weighted by Gasteiger charge is 2.22. The van der Waals surface area contributed by atoms with Crippen molar-refractivity contribution < 1.29 is 24.2 Å². The van der Waals surface area contributed by atoms with Crippen LogP contribution in [0.15, 0.2) is 48.5 Å². The van der Waals surface area contributed by atoms with Gasteiger partial charge in [-0.25, -0.2) is 4.79 Å². The van der Waals surface area contributed by atoms with E-state index in [2.05, 4.69) is 5.32 Å². The van der Waals surface area contributed by atoms with E-state index in [0.717, 1.165) is 11.1 Å². The lowest BCUT2D eigenvalue weighted by Gasteiger charge is -2.26. The SMILES string of the molecule is COc1cccc(C(NC(=O)N(C)CC(C)C(=O)O)c2cccc(OC)c2)c1. The maximum atomic E-state index is 12.7. The molecule has 0 saturated heterocycles. The first kappa shape index (κ1) is 21.1. The van der Waals surface area contributed by atoms with Gasteiger partial charge in [-0.15, -0.1) is 0 Å². The summed E-state index contributed by atoms with van der Waals surface area (Å²) in [4.78, 5) is 25.2. The average molecular weight is 386 g/mol. The number of benzene rings is 2. The number of aliphatic carboxylic acids is 1. The molecule has 1 atom stereocenters. The number of hydrogen-bond donors (Lipinski definition) is 2. The molecule has 0 fully saturated rings. The van der Waals surface area contributed by atoms with Gasteiger partial charge >= 0.3 is 12.0 Å². The number of rotatable bonds is 8. The molecule has 2 aromatic carbocycles. The van der Waals surface area contributed by atoms with Crippen LogP contribution >= 0.6 is 0 Å². The summed E-state index contributed by atoms with van der Waals surface area (Å²) in [6, 6.07) is 14.0. The van der Waals surface area contributed by atoms with Crippen LogP contribution in [0.25, 0.3) is 0 Å². The zero-order chi connectivity index (χ0) is 20.7. The van der Waals surface area contributed by atoms with Gasteiger partial charge in [0.1, 0.15) is 11.5 Å². The molecule has 2 aromatic rings. The number of nitrogens with one attached hydrogen (secondary N) is 1. The Balaban J connectivity index is 2.32. The molecule has 0 aliphatic heterocycles. The van der Waals surface area contributed by atoms with Crippen LogP contribution in [0, 0.1) is 5.92 Å². The Labute approximate surface area is 164 Å². The minimum Gasteiger partial charge on any atom is -0.497 e. The molecule has 2 amide bonds. The van der Waals surface area contributed by atoms with Crippen molar-refractivity contribution in [3.8, 4) is 11.5 Å². The summed E-state index contributed by atoms with van der Waals surface area (Å²) in [7, 11) is 4.74. The third-order valence-corrected chi connectivity index (χ3v) is 4.44. The maximum absolute atomic E-state index is 12.7. The fourth-order valence-electron chi connectivity index (χ4n) is 2.81. The lowest BCUT2D eigenvalue weighted by Crippen LogP contribution is -2.42. The zero-order valence-electron chi connectivity index (χ0n) is 16.5. The quantitative estimate of drug-likeness (QED) is 0.728. The molecule has 0 heterocycles. The number of ether oxygens (including phenoxy) is 2. The summed E-state index contributed by atoms with van der Waals surface area (Å²) in [6.07, 6.45) is 0. The van der Waals surface area contributed by atoms with E-state index >= 15 is 0 Å². The van der Waals surface area contributed by atoms with Crippen LogP contribution in [0.2, 0.25) is 0 Å². The molecule has 2 N–H and O–H groups in total. The molecule has 0 spiro atoms. The van der Waals surface area contributed by atoms with E-state index < -0.39 is 17.9 Å². The van der Waals surface area contributed by atoms with E-state index in [1.807, 2.05) is 48.5 Å². The lowest BCUT2D eigenvalue weighted by atomic mass is 9.98. The van der Waals surface area contributed by atoms with E-state index in [9.17, 15) is 9.59 Å². The van der Waals surface area contributed by atoms with E-state index in [4.69, 9.17) is 14.6 Å². The third kappa shape index (κ3) is 5.39. The van der Waals surface area contributed by atoms with E-state index in [1.54, 1.807) is 28.2 Å². The Kier molecular flexibility index (Phi) is 7.26. The second-order valence-corrected chi connectivity index (χ2v) is 6.56. The first-order valence-corrected chi connectivity index (χ1v) is 8.88. The Morgan fingerprint density at radius 1 is 1.04 bits per heavy atom. The van der Waals surface area contributed by atoms with Crippen molar-refractivity contribution in [1.29, 1.82) is 0 Å². The number of amides is 2. The van der Waals surface area contributed by atoms with Gasteiger partial charge in [0.15, 0.2) is 0 Å². The van der Waals surface area contributed by atoms with E-state index in [0.29, 0.717) is 11.5 Å². The van der Waals surface area contributed by atoms with Crippen LogP contribution in [0.1, 0.15) is 24.1 Å². The van der Waals surface area contributed by atoms with Crippen LogP contribution < -0.4 is 14.8 Å². The molecule has 0 aliphatic carbocycles. The molecular weight excluding hydrogens is 360 g/mol. The molecule has 0 radical (unpaired) electrons. The first-order valence-electron chi connectivity index (χ1n) is 8.88. The monoisotopic (exact) mass is 386 g/mol. The Hall–Kier alpha value is -3.22. The molecule has 0 aliphatic rings. The minimum atomic E-state index is -0.947. The van der Waals surface area contributed by atoms with Crippen molar-refractivity contribution in [2.45, 2.75) is 13.0 Å². The fourth-order valence-corrected chi connectivity index (χ4v) is 2.81. The van der Waals surface area contributed by atoms with Gasteiger partial charge in [-0.05, 0) is 35.4 Å². The van der Waals surface area contributed by atoms with E-state index in [1.165, 1.54) is 4.90 Å². The Morgan fingerprint density at radius 3 is 1.96 bits per heavy atom. The Bertz CT molecular complexity index is 776. The van der Waals surface area contributed by atoms with Gasteiger partial charge in [0.25, 0.3) is 0 Å². The smallest absolute Gasteiger partial charge is 0.317 e. The number of carboxylic acids is 1. The van der Waals surface area contributed by atoms with Crippen LogP contribution in [0.5, 0.6) is 11.5 Å². The number of nitrogens with zero attached hydrogens (tertiary/aromatic N) is 1. The van der Waals surface area contributed by atoms with Crippen LogP contribution in [0.4, 0.5) is 4.79 Å². The molecular formula is C21H26N2O5. The van der Waals surface area contributed by atoms with Gasteiger partial charge < -0.3 is 24.8 Å². The van der Waals surface area contributed by atoms with Crippen molar-refractivity contribution >= 4 is 12.0 Å². The molecule has 7 nitrogen and oxygen atoms in total. The minimum absolute atomic E-state index is 0.101. The molecule has 2 rings (SSSR count). The largest absolute Gasteiger partial charge is 0.497 e. The van der Waals surface area contributed by atoms with Crippen LogP contribution in [0.3, 0.4) is 0 Å². The van der Waals surface area contributed by atoms with Crippen molar-refractivity contribution in [1.82, 2.24) is 10.2 Å². The van der Waals surface area contributed by atoms with E-state index in [-0.39, 0.29) is 12.6 Å². The van der Waals surface area contributed by atoms with Gasteiger partial charge in [-0.1, -0.05) is 31.2 Å². The van der Waals surface area contributed by atoms with Crippen LogP contribution in [-0.4, -0.2) is 49.8 Å². The predicted molar refractivity (Wildman–Crippen MR) is 106 cm³/mol. The number of carbonyl (C=O) groups excluding carboxylic acids is 1. The lowest BCUT2D eigenvalue weighted by molar-refractivity contribution is -0.141. The highest BCUT2D eigenvalue weighted by molar-refractivity contribution is 5.76. The normalized spacial score (nSPS) is 11.6. The second kappa shape index (κ2) is 9.64. The highest BCUT2D eigenvalue weighted by Crippen LogP contribution is 2.27. The van der Waals surface area contributed by atoms with Crippen molar-refractivity contribution in [3.63, 3.8) is 0 Å². The summed E-state index contributed by atoms with van der Waals surface area (Å²) in [5, 5.41) is 12.1. The molecule has 1 unspecified atom stereocenters. The van der Waals surface area contributed by atoms with Crippen molar-refractivity contribution in [2.75, 3.05) is 27.8 Å². The Morgan fingerprint density at radius 2 is 1.54 bits per heavy atom. The number of carboxylic acid groups (broad SMARTS) is 1. The zero-order valence-corrected chi connectivity index (χ0v) is 16.5. The number of hydrogen-bond acceptors (Lipinski definition) is 4. The molecule has 7 heteroatoms. The standard InChI is InChI=1S/C21H26N2O5/c1-14(20(24)25)13-23(2)21(26)22-19(15-7-5-9-17(11-15)27-3)16-8-6-10-18(12-16)28-4/h5-12,14,19H,13H2,1-4H3,(H,22,26)(H,24,25). The molecule has 0 bridgehead atoms. The van der Waals surface area contributed by atoms with Crippen LogP contribution in [-0.2, 0) is 4.79 Å². The van der Waals surface area contributed by atoms with Gasteiger partial charge in [-0.2, -0.15) is 0 Å². The highest BCUT2D eigenvalue weighted by atomic mass is 16.5. The molecule has 150 valence electrons. The molecule has 0 aromatic heterocycles. The summed E-state index contributed by atoms with van der Waals surface area (Å²) < 4.78 is 10.6. The first-order chi connectivity index (χ1) is 13.3. The van der Waals surface area contributed by atoms with Gasteiger partial charge in [0.2, 0.25) is 0 Å². The number of carbonyl (C=O) groups is 2.